The van der Waals surface area contributed by atoms with E-state index in [1.807, 2.05) is 0 Å². The summed E-state index contributed by atoms with van der Waals surface area (Å²) in [6.45, 7) is 5.74. The lowest BCUT2D eigenvalue weighted by Crippen LogP contribution is -2.30. The first-order valence-corrected chi connectivity index (χ1v) is 7.70. The van der Waals surface area contributed by atoms with Crippen LogP contribution in [0.3, 0.4) is 0 Å². The van der Waals surface area contributed by atoms with Gasteiger partial charge in [-0.25, -0.2) is 4.98 Å². The van der Waals surface area contributed by atoms with Crippen LogP contribution in [0.25, 0.3) is 0 Å². The van der Waals surface area contributed by atoms with E-state index in [0.29, 0.717) is 16.0 Å². The van der Waals surface area contributed by atoms with Crippen LogP contribution in [0.15, 0.2) is 0 Å². The molecule has 0 radical (unpaired) electrons. The quantitative estimate of drug-likeness (QED) is 0.730. The highest BCUT2D eigenvalue weighted by atomic mass is 35.5. The third-order valence-electron chi connectivity index (χ3n) is 2.57. The van der Waals surface area contributed by atoms with Crippen molar-refractivity contribution in [3.63, 3.8) is 0 Å². The van der Waals surface area contributed by atoms with E-state index in [2.05, 4.69) is 4.98 Å². The molecule has 0 saturated carbocycles. The van der Waals surface area contributed by atoms with Gasteiger partial charge < -0.3 is 19.3 Å². The molecule has 0 amide bonds. The number of nitrogens with zero attached hydrogens (tertiary/aromatic N) is 1. The van der Waals surface area contributed by atoms with Crippen molar-refractivity contribution >= 4 is 34.5 Å². The van der Waals surface area contributed by atoms with Crippen LogP contribution in [-0.2, 0) is 14.2 Å². The van der Waals surface area contributed by atoms with Crippen molar-refractivity contribution in [2.24, 2.45) is 0 Å². The molecule has 0 aliphatic carbocycles. The Bertz CT molecular complexity index is 428. The van der Waals surface area contributed by atoms with Gasteiger partial charge in [-0.1, -0.05) is 23.2 Å². The molecule has 0 aromatic carbocycles. The molecular formula is C12H19Cl2NO4S. The highest BCUT2D eigenvalue weighted by molar-refractivity contribution is 7.16. The molecule has 1 aromatic heterocycles. The van der Waals surface area contributed by atoms with Crippen molar-refractivity contribution < 1.29 is 19.3 Å². The molecule has 1 heterocycles. The van der Waals surface area contributed by atoms with E-state index in [4.69, 9.17) is 37.4 Å². The second-order valence-corrected chi connectivity index (χ2v) is 6.45. The van der Waals surface area contributed by atoms with Gasteiger partial charge in [-0.05, 0) is 20.8 Å². The molecule has 116 valence electrons. The fourth-order valence-electron chi connectivity index (χ4n) is 1.53. The van der Waals surface area contributed by atoms with Crippen LogP contribution in [0.2, 0.25) is 9.62 Å². The van der Waals surface area contributed by atoms with E-state index < -0.39 is 18.2 Å². The summed E-state index contributed by atoms with van der Waals surface area (Å²) in [6, 6.07) is 0. The van der Waals surface area contributed by atoms with Crippen molar-refractivity contribution in [3.8, 4) is 0 Å². The lowest BCUT2D eigenvalue weighted by molar-refractivity contribution is -0.238. The van der Waals surface area contributed by atoms with Crippen molar-refractivity contribution in [1.82, 2.24) is 4.98 Å². The number of methoxy groups -OCH3 is 1. The number of hydrogen-bond acceptors (Lipinski definition) is 6. The zero-order valence-corrected chi connectivity index (χ0v) is 14.2. The maximum Gasteiger partial charge on any atom is 0.185 e. The van der Waals surface area contributed by atoms with E-state index >= 15 is 0 Å². The van der Waals surface area contributed by atoms with Crippen molar-refractivity contribution in [2.45, 2.75) is 45.4 Å². The van der Waals surface area contributed by atoms with Crippen LogP contribution in [0.5, 0.6) is 0 Å². The van der Waals surface area contributed by atoms with Gasteiger partial charge in [0.1, 0.15) is 11.3 Å². The summed E-state index contributed by atoms with van der Waals surface area (Å²) in [6.07, 6.45) is -1.28. The van der Waals surface area contributed by atoms with Crippen LogP contribution in [0.1, 0.15) is 38.2 Å². The summed E-state index contributed by atoms with van der Waals surface area (Å²) in [5.41, 5.74) is 0. The summed E-state index contributed by atoms with van der Waals surface area (Å²) in [7, 11) is 1.54. The Morgan fingerprint density at radius 1 is 1.40 bits per heavy atom. The summed E-state index contributed by atoms with van der Waals surface area (Å²) in [5.74, 6) is -0.837. The number of aliphatic hydroxyl groups excluding tert-OH is 1. The number of aromatic nitrogens is 1. The third-order valence-corrected chi connectivity index (χ3v) is 4.22. The smallest absolute Gasteiger partial charge is 0.185 e. The largest absolute Gasteiger partial charge is 0.368 e. The average Bonchev–Trinajstić information content (AvgIpc) is 2.68. The molecule has 1 rings (SSSR count). The molecule has 0 saturated heterocycles. The summed E-state index contributed by atoms with van der Waals surface area (Å²) in [5, 5.41) is 10.1. The molecule has 0 spiro atoms. The maximum absolute atomic E-state index is 9.81. The summed E-state index contributed by atoms with van der Waals surface area (Å²) >= 11 is 13.1. The minimum Gasteiger partial charge on any atom is -0.368 e. The first-order valence-electron chi connectivity index (χ1n) is 6.13. The van der Waals surface area contributed by atoms with Gasteiger partial charge in [0.15, 0.2) is 16.5 Å². The number of rotatable bonds is 8. The Morgan fingerprint density at radius 3 is 2.50 bits per heavy atom. The number of thiazole rings is 1. The van der Waals surface area contributed by atoms with E-state index in [1.165, 1.54) is 18.4 Å². The van der Waals surface area contributed by atoms with Crippen LogP contribution in [-0.4, -0.2) is 35.9 Å². The number of hydrogen-bond donors (Lipinski definition) is 1. The van der Waals surface area contributed by atoms with E-state index in [1.54, 1.807) is 20.8 Å². The van der Waals surface area contributed by atoms with Gasteiger partial charge >= 0.3 is 0 Å². The Morgan fingerprint density at radius 2 is 2.05 bits per heavy atom. The first kappa shape index (κ1) is 18.1. The van der Waals surface area contributed by atoms with Gasteiger partial charge in [0.25, 0.3) is 0 Å². The molecule has 0 fully saturated rings. The molecule has 0 aliphatic heterocycles. The van der Waals surface area contributed by atoms with E-state index in [0.717, 1.165) is 0 Å². The SMILES string of the molecule is CCOC(O)CC(OC(C)(C)OC)c1sc(Cl)nc1Cl. The predicted molar refractivity (Wildman–Crippen MR) is 79.3 cm³/mol. The summed E-state index contributed by atoms with van der Waals surface area (Å²) < 4.78 is 16.5. The third kappa shape index (κ3) is 5.44. The second kappa shape index (κ2) is 7.89. The molecule has 1 N–H and O–H groups in total. The lowest BCUT2D eigenvalue weighted by Gasteiger charge is -2.30. The van der Waals surface area contributed by atoms with Crippen molar-refractivity contribution in [2.75, 3.05) is 13.7 Å². The average molecular weight is 344 g/mol. The van der Waals surface area contributed by atoms with Gasteiger partial charge in [0.2, 0.25) is 0 Å². The topological polar surface area (TPSA) is 60.8 Å². The van der Waals surface area contributed by atoms with Crippen molar-refractivity contribution in [3.05, 3.63) is 14.5 Å². The number of ether oxygens (including phenoxy) is 3. The van der Waals surface area contributed by atoms with Crippen molar-refractivity contribution in [1.29, 1.82) is 0 Å². The van der Waals surface area contributed by atoms with Gasteiger partial charge in [0, 0.05) is 20.1 Å². The molecule has 2 unspecified atom stereocenters. The number of aliphatic hydroxyl groups is 1. The zero-order chi connectivity index (χ0) is 15.3. The Labute approximate surface area is 132 Å². The standard InChI is InChI=1S/C12H19Cl2NO4S/c1-5-18-8(16)6-7(19-12(2,3)17-4)9-10(13)15-11(14)20-9/h7-8,16H,5-6H2,1-4H3. The highest BCUT2D eigenvalue weighted by Crippen LogP contribution is 2.38. The minimum atomic E-state index is -0.963. The van der Waals surface area contributed by atoms with E-state index in [9.17, 15) is 5.11 Å². The molecule has 2 atom stereocenters. The normalized spacial score (nSPS) is 15.3. The van der Waals surface area contributed by atoms with Gasteiger partial charge in [0.05, 0.1) is 4.88 Å². The predicted octanol–water partition coefficient (Wildman–Crippen LogP) is 3.64. The Kier molecular flexibility index (Phi) is 7.14. The van der Waals surface area contributed by atoms with Crippen LogP contribution in [0.4, 0.5) is 0 Å². The Balaban J connectivity index is 2.92. The molecule has 5 nitrogen and oxygen atoms in total. The maximum atomic E-state index is 9.81. The van der Waals surface area contributed by atoms with Gasteiger partial charge in [-0.2, -0.15) is 0 Å². The van der Waals surface area contributed by atoms with Crippen LogP contribution < -0.4 is 0 Å². The molecular weight excluding hydrogens is 325 g/mol. The monoisotopic (exact) mass is 343 g/mol. The van der Waals surface area contributed by atoms with Gasteiger partial charge in [-0.3, -0.25) is 0 Å². The second-order valence-electron chi connectivity index (χ2n) is 4.48. The molecule has 0 aliphatic rings. The Hall–Kier alpha value is 0.0500. The highest BCUT2D eigenvalue weighted by Gasteiger charge is 2.30. The molecule has 20 heavy (non-hydrogen) atoms. The van der Waals surface area contributed by atoms with E-state index in [-0.39, 0.29) is 11.6 Å². The van der Waals surface area contributed by atoms with Gasteiger partial charge in [-0.15, -0.1) is 11.3 Å². The first-order chi connectivity index (χ1) is 9.29. The summed E-state index contributed by atoms with van der Waals surface area (Å²) in [4.78, 5) is 4.59. The van der Waals surface area contributed by atoms with Crippen LogP contribution in [0, 0.1) is 0 Å². The zero-order valence-electron chi connectivity index (χ0n) is 11.9. The fraction of sp³-hybridized carbons (Fsp3) is 0.750. The fourth-order valence-corrected chi connectivity index (χ4v) is 3.00. The number of halogens is 2. The lowest BCUT2D eigenvalue weighted by atomic mass is 10.2. The molecule has 8 heteroatoms. The molecule has 0 bridgehead atoms. The van der Waals surface area contributed by atoms with Crippen LogP contribution >= 0.6 is 34.5 Å². The molecule has 1 aromatic rings. The minimum absolute atomic E-state index is 0.207.